The Kier molecular flexibility index (Phi) is 5.15. The normalized spacial score (nSPS) is 18.7. The smallest absolute Gasteiger partial charge is 0.124 e. The lowest BCUT2D eigenvalue weighted by Crippen LogP contribution is -2.30. The Balaban J connectivity index is 1.80. The van der Waals surface area contributed by atoms with E-state index in [1.165, 1.54) is 0 Å². The number of aliphatic hydroxyl groups is 1. The van der Waals surface area contributed by atoms with Gasteiger partial charge in [0.1, 0.15) is 12.4 Å². The molecule has 1 aromatic carbocycles. The number of ether oxygens (including phenoxy) is 3. The average molecular weight is 320 g/mol. The van der Waals surface area contributed by atoms with Gasteiger partial charge in [-0.15, -0.1) is 0 Å². The third-order valence-electron chi connectivity index (χ3n) is 3.94. The maximum atomic E-state index is 9.68. The molecule has 2 aromatic rings. The zero-order valence-corrected chi connectivity index (χ0v) is 13.7. The second kappa shape index (κ2) is 7.29. The first-order chi connectivity index (χ1) is 11.2. The summed E-state index contributed by atoms with van der Waals surface area (Å²) >= 11 is 0. The lowest BCUT2D eigenvalue weighted by Gasteiger charge is -2.26. The van der Waals surface area contributed by atoms with Crippen LogP contribution in [0.1, 0.15) is 19.4 Å². The first-order valence-electron chi connectivity index (χ1n) is 8.16. The summed E-state index contributed by atoms with van der Waals surface area (Å²) in [5.41, 5.74) is 2.13. The van der Waals surface area contributed by atoms with Crippen LogP contribution in [-0.4, -0.2) is 53.5 Å². The Morgan fingerprint density at radius 1 is 1.43 bits per heavy atom. The van der Waals surface area contributed by atoms with Crippen LogP contribution in [0.25, 0.3) is 10.9 Å². The van der Waals surface area contributed by atoms with Crippen LogP contribution in [0.4, 0.5) is 0 Å². The van der Waals surface area contributed by atoms with E-state index in [4.69, 9.17) is 14.2 Å². The van der Waals surface area contributed by atoms with Crippen LogP contribution in [-0.2, 0) is 22.4 Å². The summed E-state index contributed by atoms with van der Waals surface area (Å²) in [6.45, 7) is 6.63. The third kappa shape index (κ3) is 3.65. The van der Waals surface area contributed by atoms with E-state index in [0.29, 0.717) is 33.0 Å². The highest BCUT2D eigenvalue weighted by Crippen LogP contribution is 2.33. The molecule has 1 aromatic heterocycles. The highest BCUT2D eigenvalue weighted by Gasteiger charge is 2.24. The van der Waals surface area contributed by atoms with Crippen molar-refractivity contribution >= 4 is 10.9 Å². The fraction of sp³-hybridized carbons (Fsp3) is 0.588. The molecule has 0 bridgehead atoms. The maximum Gasteiger partial charge on any atom is 0.124 e. The van der Waals surface area contributed by atoms with Crippen molar-refractivity contribution in [3.8, 4) is 5.75 Å². The molecular weight excluding hydrogens is 296 g/mol. The number of fused-ring (bicyclic) bond motifs is 3. The summed E-state index contributed by atoms with van der Waals surface area (Å²) in [4.78, 5) is 0. The lowest BCUT2D eigenvalue weighted by atomic mass is 10.0. The van der Waals surface area contributed by atoms with Gasteiger partial charge in [-0.3, -0.25) is 4.68 Å². The van der Waals surface area contributed by atoms with Crippen LogP contribution in [0.2, 0.25) is 0 Å². The molecule has 0 fully saturated rings. The molecule has 3 rings (SSSR count). The van der Waals surface area contributed by atoms with E-state index >= 15 is 0 Å². The molecule has 1 aliphatic rings. The molecule has 2 heterocycles. The summed E-state index contributed by atoms with van der Waals surface area (Å²) < 4.78 is 18.9. The predicted octanol–water partition coefficient (Wildman–Crippen LogP) is 1.77. The van der Waals surface area contributed by atoms with Crippen molar-refractivity contribution in [2.24, 2.45) is 0 Å². The summed E-state index contributed by atoms with van der Waals surface area (Å²) in [7, 11) is 0. The molecule has 1 unspecified atom stereocenters. The molecule has 23 heavy (non-hydrogen) atoms. The Bertz CT molecular complexity index is 653. The predicted molar refractivity (Wildman–Crippen MR) is 86.8 cm³/mol. The lowest BCUT2D eigenvalue weighted by molar-refractivity contribution is -0.0180. The quantitative estimate of drug-likeness (QED) is 0.788. The largest absolute Gasteiger partial charge is 0.491 e. The molecule has 6 nitrogen and oxygen atoms in total. The number of benzene rings is 1. The minimum absolute atomic E-state index is 0.0171. The standard InChI is InChI=1S/C17H24N2O4/c1-3-21-6-7-22-14-8-15-16(23-11-14)5-4-13-9-18-19(17(13)15)10-12(2)20/h4-5,9,12,14,20H,3,6-8,10-11H2,1-2H3/t12?,14-/m0/s1. The van der Waals surface area contributed by atoms with Crippen LogP contribution in [0.3, 0.4) is 0 Å². The number of hydrogen-bond donors (Lipinski definition) is 1. The fourth-order valence-corrected chi connectivity index (χ4v) is 2.95. The molecule has 0 saturated heterocycles. The molecule has 0 spiro atoms. The molecule has 1 aliphatic heterocycles. The van der Waals surface area contributed by atoms with E-state index in [1.54, 1.807) is 6.92 Å². The van der Waals surface area contributed by atoms with Gasteiger partial charge in [0, 0.05) is 24.0 Å². The van der Waals surface area contributed by atoms with Crippen molar-refractivity contribution in [1.29, 1.82) is 0 Å². The monoisotopic (exact) mass is 320 g/mol. The molecule has 0 amide bonds. The van der Waals surface area contributed by atoms with Crippen molar-refractivity contribution in [2.75, 3.05) is 26.4 Å². The highest BCUT2D eigenvalue weighted by molar-refractivity contribution is 5.84. The molecule has 2 atom stereocenters. The van der Waals surface area contributed by atoms with Crippen LogP contribution in [0.15, 0.2) is 18.3 Å². The molecule has 6 heteroatoms. The summed E-state index contributed by atoms with van der Waals surface area (Å²) in [5.74, 6) is 0.884. The second-order valence-corrected chi connectivity index (χ2v) is 5.86. The highest BCUT2D eigenvalue weighted by atomic mass is 16.6. The van der Waals surface area contributed by atoms with Gasteiger partial charge in [-0.2, -0.15) is 5.10 Å². The minimum atomic E-state index is -0.447. The van der Waals surface area contributed by atoms with Gasteiger partial charge in [-0.25, -0.2) is 0 Å². The van der Waals surface area contributed by atoms with Gasteiger partial charge in [0.05, 0.1) is 43.7 Å². The van der Waals surface area contributed by atoms with Crippen LogP contribution in [0, 0.1) is 0 Å². The van der Waals surface area contributed by atoms with Crippen molar-refractivity contribution < 1.29 is 19.3 Å². The zero-order valence-electron chi connectivity index (χ0n) is 13.7. The molecule has 1 N–H and O–H groups in total. The van der Waals surface area contributed by atoms with Crippen molar-refractivity contribution in [2.45, 2.75) is 39.0 Å². The van der Waals surface area contributed by atoms with Crippen molar-refractivity contribution in [1.82, 2.24) is 9.78 Å². The summed E-state index contributed by atoms with van der Waals surface area (Å²) in [6.07, 6.45) is 2.18. The number of rotatable bonds is 7. The molecule has 0 saturated carbocycles. The number of aromatic nitrogens is 2. The third-order valence-corrected chi connectivity index (χ3v) is 3.94. The van der Waals surface area contributed by atoms with Gasteiger partial charge in [0.15, 0.2) is 0 Å². The van der Waals surface area contributed by atoms with Gasteiger partial charge >= 0.3 is 0 Å². The van der Waals surface area contributed by atoms with Gasteiger partial charge in [-0.05, 0) is 26.0 Å². The zero-order chi connectivity index (χ0) is 16.2. The van der Waals surface area contributed by atoms with Gasteiger partial charge in [0.2, 0.25) is 0 Å². The van der Waals surface area contributed by atoms with Crippen molar-refractivity contribution in [3.63, 3.8) is 0 Å². The number of aliphatic hydroxyl groups excluding tert-OH is 1. The molecular formula is C17H24N2O4. The average Bonchev–Trinajstić information content (AvgIpc) is 2.94. The van der Waals surface area contributed by atoms with Gasteiger partial charge in [0.25, 0.3) is 0 Å². The Labute approximate surface area is 135 Å². The van der Waals surface area contributed by atoms with Crippen LogP contribution >= 0.6 is 0 Å². The van der Waals surface area contributed by atoms with Crippen LogP contribution < -0.4 is 4.74 Å². The van der Waals surface area contributed by atoms with E-state index in [0.717, 1.165) is 28.6 Å². The maximum absolute atomic E-state index is 9.68. The SMILES string of the molecule is CCOCCO[C@@H]1COc2ccc3cnn(CC(C)O)c3c2C1. The summed E-state index contributed by atoms with van der Waals surface area (Å²) in [5, 5.41) is 15.1. The minimum Gasteiger partial charge on any atom is -0.491 e. The Hall–Kier alpha value is -1.63. The van der Waals surface area contributed by atoms with E-state index < -0.39 is 6.10 Å². The first-order valence-corrected chi connectivity index (χ1v) is 8.16. The van der Waals surface area contributed by atoms with E-state index in [9.17, 15) is 5.11 Å². The summed E-state index contributed by atoms with van der Waals surface area (Å²) in [6, 6.07) is 4.00. The Morgan fingerprint density at radius 3 is 3.09 bits per heavy atom. The van der Waals surface area contributed by atoms with E-state index in [1.807, 2.05) is 29.9 Å². The number of nitrogens with zero attached hydrogens (tertiary/aromatic N) is 2. The topological polar surface area (TPSA) is 65.7 Å². The molecule has 0 radical (unpaired) electrons. The fourth-order valence-electron chi connectivity index (χ4n) is 2.95. The Morgan fingerprint density at radius 2 is 2.30 bits per heavy atom. The second-order valence-electron chi connectivity index (χ2n) is 5.86. The van der Waals surface area contributed by atoms with Crippen molar-refractivity contribution in [3.05, 3.63) is 23.9 Å². The first kappa shape index (κ1) is 16.2. The van der Waals surface area contributed by atoms with Gasteiger partial charge in [-0.1, -0.05) is 0 Å². The van der Waals surface area contributed by atoms with Gasteiger partial charge < -0.3 is 19.3 Å². The molecule has 126 valence electrons. The van der Waals surface area contributed by atoms with Crippen LogP contribution in [0.5, 0.6) is 5.75 Å². The number of hydrogen-bond acceptors (Lipinski definition) is 5. The van der Waals surface area contributed by atoms with E-state index in [2.05, 4.69) is 5.10 Å². The molecule has 0 aliphatic carbocycles. The van der Waals surface area contributed by atoms with E-state index in [-0.39, 0.29) is 6.10 Å².